The van der Waals surface area contributed by atoms with Gasteiger partial charge in [-0.05, 0) is 23.8 Å². The maximum absolute atomic E-state index is 12.3. The number of benzene rings is 2. The average Bonchev–Trinajstić information content (AvgIpc) is 2.67. The normalized spacial score (nSPS) is 18.4. The predicted molar refractivity (Wildman–Crippen MR) is 96.7 cm³/mol. The lowest BCUT2D eigenvalue weighted by Crippen LogP contribution is -2.44. The van der Waals surface area contributed by atoms with Gasteiger partial charge in [0.2, 0.25) is 5.91 Å². The molecule has 1 amide bonds. The van der Waals surface area contributed by atoms with Crippen molar-refractivity contribution < 1.29 is 24.1 Å². The van der Waals surface area contributed by atoms with E-state index in [0.29, 0.717) is 35.8 Å². The molecule has 3 rings (SSSR count). The number of aliphatic hydroxyl groups is 1. The van der Waals surface area contributed by atoms with E-state index in [9.17, 15) is 9.90 Å². The van der Waals surface area contributed by atoms with Crippen molar-refractivity contribution in [3.05, 3.63) is 53.6 Å². The quantitative estimate of drug-likeness (QED) is 0.827. The van der Waals surface area contributed by atoms with Gasteiger partial charge in [-0.1, -0.05) is 24.3 Å². The molecule has 0 spiro atoms. The van der Waals surface area contributed by atoms with E-state index >= 15 is 0 Å². The van der Waals surface area contributed by atoms with Crippen LogP contribution in [0.5, 0.6) is 17.2 Å². The topological polar surface area (TPSA) is 77.0 Å². The molecule has 1 aliphatic heterocycles. The molecule has 2 N–H and O–H groups in total. The number of carbonyl (C=O) groups is 1. The summed E-state index contributed by atoms with van der Waals surface area (Å²) in [4.78, 5) is 12.3. The fourth-order valence-corrected chi connectivity index (χ4v) is 3.11. The van der Waals surface area contributed by atoms with Crippen LogP contribution in [0.1, 0.15) is 17.5 Å². The summed E-state index contributed by atoms with van der Waals surface area (Å²) in [6.07, 6.45) is 0.620. The minimum Gasteiger partial charge on any atom is -0.493 e. The first-order chi connectivity index (χ1) is 12.6. The summed E-state index contributed by atoms with van der Waals surface area (Å²) in [5.41, 5.74) is 0.388. The number of carbonyl (C=O) groups excluding carboxylic acids is 1. The zero-order chi connectivity index (χ0) is 18.6. The number of hydrogen-bond acceptors (Lipinski definition) is 5. The number of methoxy groups -OCH3 is 2. The lowest BCUT2D eigenvalue weighted by Gasteiger charge is -2.34. The van der Waals surface area contributed by atoms with Gasteiger partial charge in [0.05, 0.1) is 33.8 Å². The van der Waals surface area contributed by atoms with Crippen molar-refractivity contribution in [2.75, 3.05) is 27.4 Å². The Hall–Kier alpha value is -2.73. The van der Waals surface area contributed by atoms with Gasteiger partial charge in [-0.2, -0.15) is 0 Å². The molecule has 0 fully saturated rings. The van der Waals surface area contributed by atoms with Crippen LogP contribution in [-0.4, -0.2) is 38.4 Å². The van der Waals surface area contributed by atoms with Crippen LogP contribution in [0.25, 0.3) is 0 Å². The summed E-state index contributed by atoms with van der Waals surface area (Å²) < 4.78 is 16.0. The summed E-state index contributed by atoms with van der Waals surface area (Å²) in [6.45, 7) is 0.554. The number of amides is 1. The fourth-order valence-electron chi connectivity index (χ4n) is 3.11. The summed E-state index contributed by atoms with van der Waals surface area (Å²) in [5, 5.41) is 13.8. The van der Waals surface area contributed by atoms with Crippen LogP contribution in [-0.2, 0) is 16.8 Å². The van der Waals surface area contributed by atoms with Crippen LogP contribution < -0.4 is 19.5 Å². The number of rotatable bonds is 6. The van der Waals surface area contributed by atoms with Gasteiger partial charge >= 0.3 is 0 Å². The largest absolute Gasteiger partial charge is 0.493 e. The van der Waals surface area contributed by atoms with E-state index in [-0.39, 0.29) is 18.9 Å². The molecule has 6 heteroatoms. The Balaban J connectivity index is 1.65. The highest BCUT2D eigenvalue weighted by Crippen LogP contribution is 2.36. The van der Waals surface area contributed by atoms with Gasteiger partial charge in [0.15, 0.2) is 11.5 Å². The number of ether oxygens (including phenoxy) is 3. The zero-order valence-electron chi connectivity index (χ0n) is 15.0. The zero-order valence-corrected chi connectivity index (χ0v) is 15.0. The summed E-state index contributed by atoms with van der Waals surface area (Å²) in [6, 6.07) is 12.7. The third kappa shape index (κ3) is 3.75. The van der Waals surface area contributed by atoms with Crippen molar-refractivity contribution in [2.24, 2.45) is 0 Å². The lowest BCUT2D eigenvalue weighted by atomic mass is 9.88. The lowest BCUT2D eigenvalue weighted by molar-refractivity contribution is -0.122. The van der Waals surface area contributed by atoms with Gasteiger partial charge in [-0.15, -0.1) is 0 Å². The Morgan fingerprint density at radius 1 is 1.19 bits per heavy atom. The van der Waals surface area contributed by atoms with E-state index in [2.05, 4.69) is 5.32 Å². The Bertz CT molecular complexity index is 792. The highest BCUT2D eigenvalue weighted by atomic mass is 16.5. The number of fused-ring (bicyclic) bond motifs is 1. The highest BCUT2D eigenvalue weighted by molar-refractivity contribution is 5.79. The molecule has 0 bridgehead atoms. The second-order valence-electron chi connectivity index (χ2n) is 6.27. The average molecular weight is 357 g/mol. The Labute approximate surface area is 152 Å². The van der Waals surface area contributed by atoms with Crippen molar-refractivity contribution in [2.45, 2.75) is 18.4 Å². The number of para-hydroxylation sites is 1. The molecule has 0 aromatic heterocycles. The summed E-state index contributed by atoms with van der Waals surface area (Å²) in [5.74, 6) is 1.68. The van der Waals surface area contributed by atoms with Crippen molar-refractivity contribution in [3.8, 4) is 17.2 Å². The molecule has 0 radical (unpaired) electrons. The van der Waals surface area contributed by atoms with E-state index in [1.165, 1.54) is 0 Å². The fraction of sp³-hybridized carbons (Fsp3) is 0.350. The van der Waals surface area contributed by atoms with Crippen LogP contribution in [0.2, 0.25) is 0 Å². The SMILES string of the molecule is COc1ccc(CC(=O)NCC2(O)CCOc3ccccc32)cc1OC. The van der Waals surface area contributed by atoms with Crippen LogP contribution in [0, 0.1) is 0 Å². The molecular formula is C20H23NO5. The Morgan fingerprint density at radius 2 is 1.96 bits per heavy atom. The molecular weight excluding hydrogens is 334 g/mol. The maximum Gasteiger partial charge on any atom is 0.224 e. The van der Waals surface area contributed by atoms with Crippen LogP contribution >= 0.6 is 0 Å². The van der Waals surface area contributed by atoms with Gasteiger partial charge in [0, 0.05) is 12.0 Å². The van der Waals surface area contributed by atoms with E-state index in [4.69, 9.17) is 14.2 Å². The minimum absolute atomic E-state index is 0.138. The molecule has 1 unspecified atom stereocenters. The van der Waals surface area contributed by atoms with Gasteiger partial charge in [0.1, 0.15) is 11.4 Å². The molecule has 2 aromatic carbocycles. The second-order valence-corrected chi connectivity index (χ2v) is 6.27. The maximum atomic E-state index is 12.3. The van der Waals surface area contributed by atoms with E-state index < -0.39 is 5.60 Å². The van der Waals surface area contributed by atoms with Gasteiger partial charge in [-0.25, -0.2) is 0 Å². The first kappa shape index (κ1) is 18.1. The monoisotopic (exact) mass is 357 g/mol. The van der Waals surface area contributed by atoms with Gasteiger partial charge < -0.3 is 24.6 Å². The molecule has 0 saturated carbocycles. The van der Waals surface area contributed by atoms with Crippen LogP contribution in [0.4, 0.5) is 0 Å². The summed E-state index contributed by atoms with van der Waals surface area (Å²) >= 11 is 0. The van der Waals surface area contributed by atoms with E-state index in [1.807, 2.05) is 30.3 Å². The van der Waals surface area contributed by atoms with Crippen LogP contribution in [0.15, 0.2) is 42.5 Å². The number of hydrogen-bond donors (Lipinski definition) is 2. The Morgan fingerprint density at radius 3 is 2.73 bits per heavy atom. The molecule has 1 aliphatic rings. The third-order valence-corrected chi connectivity index (χ3v) is 4.55. The van der Waals surface area contributed by atoms with Crippen LogP contribution in [0.3, 0.4) is 0 Å². The highest BCUT2D eigenvalue weighted by Gasteiger charge is 2.35. The predicted octanol–water partition coefficient (Wildman–Crippen LogP) is 2.03. The third-order valence-electron chi connectivity index (χ3n) is 4.55. The number of nitrogens with one attached hydrogen (secondary N) is 1. The second kappa shape index (κ2) is 7.66. The molecule has 26 heavy (non-hydrogen) atoms. The molecule has 1 atom stereocenters. The van der Waals surface area contributed by atoms with Crippen molar-refractivity contribution >= 4 is 5.91 Å². The molecule has 1 heterocycles. The first-order valence-electron chi connectivity index (χ1n) is 8.48. The molecule has 2 aromatic rings. The van der Waals surface area contributed by atoms with Gasteiger partial charge in [-0.3, -0.25) is 4.79 Å². The summed E-state index contributed by atoms with van der Waals surface area (Å²) in [7, 11) is 3.12. The van der Waals surface area contributed by atoms with Gasteiger partial charge in [0.25, 0.3) is 0 Å². The molecule has 0 aliphatic carbocycles. The smallest absolute Gasteiger partial charge is 0.224 e. The molecule has 138 valence electrons. The standard InChI is InChI=1S/C20H23NO5/c1-24-17-8-7-14(11-18(17)25-2)12-19(22)21-13-20(23)9-10-26-16-6-4-3-5-15(16)20/h3-8,11,23H,9-10,12-13H2,1-2H3,(H,21,22). The molecule has 0 saturated heterocycles. The van der Waals surface area contributed by atoms with E-state index in [1.54, 1.807) is 26.4 Å². The first-order valence-corrected chi connectivity index (χ1v) is 8.48. The van der Waals surface area contributed by atoms with Crippen molar-refractivity contribution in [1.29, 1.82) is 0 Å². The Kier molecular flexibility index (Phi) is 5.32. The van der Waals surface area contributed by atoms with E-state index in [0.717, 1.165) is 5.56 Å². The van der Waals surface area contributed by atoms with Crippen molar-refractivity contribution in [3.63, 3.8) is 0 Å². The van der Waals surface area contributed by atoms with Crippen molar-refractivity contribution in [1.82, 2.24) is 5.32 Å². The minimum atomic E-state index is -1.12. The molecule has 6 nitrogen and oxygen atoms in total.